The van der Waals surface area contributed by atoms with Crippen LogP contribution in [0.15, 0.2) is 352 Å². The molecule has 442 valence electrons. The molecule has 4 nitrogen and oxygen atoms in total. The number of anilines is 6. The zero-order valence-electron chi connectivity index (χ0n) is 51.8. The van der Waals surface area contributed by atoms with Crippen molar-refractivity contribution in [1.29, 1.82) is 0 Å². The first kappa shape index (κ1) is 54.1. The van der Waals surface area contributed by atoms with E-state index in [0.717, 1.165) is 73.3 Å². The topological polar surface area (TPSA) is 16.3 Å². The average molecular weight is 1210 g/mol. The zero-order chi connectivity index (χ0) is 62.6. The second-order valence-corrected chi connectivity index (χ2v) is 25.0. The van der Waals surface area contributed by atoms with Crippen LogP contribution in [0.2, 0.25) is 0 Å². The summed E-state index contributed by atoms with van der Waals surface area (Å²) in [5.41, 5.74) is 29.3. The molecule has 17 aromatic rings. The van der Waals surface area contributed by atoms with E-state index in [0.29, 0.717) is 0 Å². The number of aromatic nitrogens is 2. The summed E-state index contributed by atoms with van der Waals surface area (Å²) in [6, 6.07) is 136. The number of rotatable bonds is 11. The lowest BCUT2D eigenvalue weighted by molar-refractivity contribution is 0.794. The van der Waals surface area contributed by atoms with Gasteiger partial charge in [-0.05, 0) is 200 Å². The van der Waals surface area contributed by atoms with E-state index in [9.17, 15) is 0 Å². The lowest BCUT2D eigenvalue weighted by atomic mass is 9.70. The first-order valence-corrected chi connectivity index (χ1v) is 32.6. The minimum absolute atomic E-state index is 0.528. The van der Waals surface area contributed by atoms with Gasteiger partial charge in [-0.15, -0.1) is 0 Å². The van der Waals surface area contributed by atoms with E-state index < -0.39 is 5.41 Å². The fourth-order valence-electron chi connectivity index (χ4n) is 15.9. The van der Waals surface area contributed by atoms with Gasteiger partial charge in [0.1, 0.15) is 0 Å². The SMILES string of the molecule is c1cccc(-c2ccc(N(c3ccc(-n4c5ccccc5c5ccccc54)cc3)c3cc(-c4cccc5c4-c4ccccc4C54c5ccccc5-c5ccccc54)cc(N(c4ccc(-c5ccccc5)cc4)c4ccc(-n5c6ccccc6c6ccccc65)cc4)c3)cc2)c#1. The quantitative estimate of drug-likeness (QED) is 0.128. The highest BCUT2D eigenvalue weighted by Crippen LogP contribution is 2.64. The summed E-state index contributed by atoms with van der Waals surface area (Å²) < 4.78 is 4.80. The molecule has 95 heavy (non-hydrogen) atoms. The highest BCUT2D eigenvalue weighted by Gasteiger charge is 2.52. The number of hydrogen-bond donors (Lipinski definition) is 0. The molecule has 0 atom stereocenters. The molecule has 2 aliphatic rings. The number of hydrogen-bond acceptors (Lipinski definition) is 2. The molecule has 0 amide bonds. The smallest absolute Gasteiger partial charge is 0.0725 e. The van der Waals surface area contributed by atoms with E-state index in [4.69, 9.17) is 0 Å². The van der Waals surface area contributed by atoms with Crippen LogP contribution in [0.1, 0.15) is 22.3 Å². The summed E-state index contributed by atoms with van der Waals surface area (Å²) in [6.45, 7) is 0. The molecule has 4 heteroatoms. The maximum atomic E-state index is 3.37. The van der Waals surface area contributed by atoms with Crippen molar-refractivity contribution in [2.45, 2.75) is 5.41 Å². The Morgan fingerprint density at radius 1 is 0.253 bits per heavy atom. The number of benzene rings is 14. The first-order chi connectivity index (χ1) is 47.1. The van der Waals surface area contributed by atoms with E-state index in [1.165, 1.54) is 93.7 Å². The first-order valence-electron chi connectivity index (χ1n) is 32.6. The summed E-state index contributed by atoms with van der Waals surface area (Å²) >= 11 is 0. The Kier molecular flexibility index (Phi) is 12.4. The Morgan fingerprint density at radius 2 is 0.632 bits per heavy atom. The molecule has 0 saturated heterocycles. The zero-order valence-corrected chi connectivity index (χ0v) is 51.8. The number of para-hydroxylation sites is 4. The van der Waals surface area contributed by atoms with Crippen LogP contribution < -0.4 is 9.80 Å². The van der Waals surface area contributed by atoms with Crippen molar-refractivity contribution in [3.8, 4) is 67.0 Å². The predicted octanol–water partition coefficient (Wildman–Crippen LogP) is 23.8. The molecule has 0 radical (unpaired) electrons. The Balaban J connectivity index is 0.864. The second-order valence-electron chi connectivity index (χ2n) is 25.0. The fraction of sp³-hybridized carbons (Fsp3) is 0.0110. The van der Waals surface area contributed by atoms with Gasteiger partial charge in [0.25, 0.3) is 0 Å². The predicted molar refractivity (Wildman–Crippen MR) is 395 cm³/mol. The fourth-order valence-corrected chi connectivity index (χ4v) is 15.9. The summed E-state index contributed by atoms with van der Waals surface area (Å²) in [7, 11) is 0. The lowest BCUT2D eigenvalue weighted by Gasteiger charge is -2.31. The van der Waals surface area contributed by atoms with Crippen molar-refractivity contribution in [1.82, 2.24) is 9.13 Å². The summed E-state index contributed by atoms with van der Waals surface area (Å²) in [5.74, 6) is 0. The Hall–Kier alpha value is -12.7. The van der Waals surface area contributed by atoms with Crippen molar-refractivity contribution in [3.05, 3.63) is 386 Å². The van der Waals surface area contributed by atoms with Gasteiger partial charge in [0, 0.05) is 72.6 Å². The van der Waals surface area contributed by atoms with Crippen LogP contribution in [-0.4, -0.2) is 9.13 Å². The van der Waals surface area contributed by atoms with Crippen LogP contribution in [0.3, 0.4) is 0 Å². The normalized spacial score (nSPS) is 12.4. The molecular formula is C91H58N4. The largest absolute Gasteiger partial charge is 0.310 e. The Labute approximate surface area is 552 Å². The summed E-state index contributed by atoms with van der Waals surface area (Å²) in [5, 5.41) is 4.93. The molecule has 0 saturated carbocycles. The summed E-state index contributed by atoms with van der Waals surface area (Å²) in [6.07, 6.45) is 0. The highest BCUT2D eigenvalue weighted by molar-refractivity contribution is 6.11. The van der Waals surface area contributed by atoms with Crippen LogP contribution in [0.4, 0.5) is 34.1 Å². The molecule has 2 heterocycles. The van der Waals surface area contributed by atoms with Gasteiger partial charge in [0.2, 0.25) is 0 Å². The Bertz CT molecular complexity index is 5410. The molecule has 2 aliphatic carbocycles. The van der Waals surface area contributed by atoms with Crippen molar-refractivity contribution in [2.75, 3.05) is 9.80 Å². The van der Waals surface area contributed by atoms with Gasteiger partial charge in [-0.3, -0.25) is 0 Å². The molecule has 19 rings (SSSR count). The van der Waals surface area contributed by atoms with Gasteiger partial charge >= 0.3 is 0 Å². The number of fused-ring (bicyclic) bond motifs is 16. The molecule has 0 bridgehead atoms. The minimum Gasteiger partial charge on any atom is -0.310 e. The molecule has 0 N–H and O–H groups in total. The third kappa shape index (κ3) is 8.43. The van der Waals surface area contributed by atoms with Crippen LogP contribution in [0.25, 0.3) is 111 Å². The van der Waals surface area contributed by atoms with Crippen molar-refractivity contribution in [3.63, 3.8) is 0 Å². The van der Waals surface area contributed by atoms with Gasteiger partial charge < -0.3 is 18.9 Å². The van der Waals surface area contributed by atoms with Crippen molar-refractivity contribution < 1.29 is 0 Å². The van der Waals surface area contributed by atoms with E-state index in [1.54, 1.807) is 0 Å². The van der Waals surface area contributed by atoms with Gasteiger partial charge in [-0.1, -0.05) is 237 Å². The molecule has 0 unspecified atom stereocenters. The highest BCUT2D eigenvalue weighted by atomic mass is 15.2. The van der Waals surface area contributed by atoms with E-state index in [1.807, 2.05) is 12.1 Å². The summed E-state index contributed by atoms with van der Waals surface area (Å²) in [4.78, 5) is 4.89. The maximum absolute atomic E-state index is 3.37. The lowest BCUT2D eigenvalue weighted by Crippen LogP contribution is -2.25. The van der Waals surface area contributed by atoms with Crippen LogP contribution in [0.5, 0.6) is 0 Å². The van der Waals surface area contributed by atoms with Gasteiger partial charge in [0.05, 0.1) is 27.5 Å². The maximum Gasteiger partial charge on any atom is 0.0725 e. The van der Waals surface area contributed by atoms with E-state index in [2.05, 4.69) is 371 Å². The van der Waals surface area contributed by atoms with Crippen LogP contribution >= 0.6 is 0 Å². The molecule has 1 spiro atoms. The van der Waals surface area contributed by atoms with E-state index >= 15 is 0 Å². The van der Waals surface area contributed by atoms with Crippen LogP contribution in [-0.2, 0) is 5.41 Å². The third-order valence-electron chi connectivity index (χ3n) is 20.0. The monoisotopic (exact) mass is 1210 g/mol. The van der Waals surface area contributed by atoms with E-state index in [-0.39, 0.29) is 0 Å². The minimum atomic E-state index is -0.528. The third-order valence-corrected chi connectivity index (χ3v) is 20.0. The molecule has 0 fully saturated rings. The average Bonchev–Trinajstić information content (AvgIpc) is 1.51. The van der Waals surface area contributed by atoms with Gasteiger partial charge in [-0.2, -0.15) is 0 Å². The Morgan fingerprint density at radius 3 is 1.11 bits per heavy atom. The number of nitrogens with zero attached hydrogens (tertiary/aromatic N) is 4. The molecular weight excluding hydrogens is 1150 g/mol. The van der Waals surface area contributed by atoms with Gasteiger partial charge in [-0.25, -0.2) is 0 Å². The van der Waals surface area contributed by atoms with Crippen LogP contribution in [0, 0.1) is 12.1 Å². The van der Waals surface area contributed by atoms with Crippen molar-refractivity contribution >= 4 is 77.7 Å². The second kappa shape index (κ2) is 21.7. The molecule has 15 aromatic carbocycles. The molecule has 2 aromatic heterocycles. The molecule has 0 aliphatic heterocycles. The van der Waals surface area contributed by atoms with Crippen molar-refractivity contribution in [2.24, 2.45) is 0 Å². The standard InChI is InChI=1S/C91H58N4/c1-3-22-61(23-4-1)63-42-46-66(47-43-63)92(68-50-54-70(55-51-68)94-86-38-17-10-28-77(86)78-29-11-18-39-87(78)94)72-58-65(74-33-21-37-85-90(74)81-32-9-16-36-84(81)91(85)82-34-14-7-26-75(82)76-27-8-15-35-83(76)91)59-73(60-72)93(67-48-44-64(45-49-67)62-24-5-2-6-25-62)69-52-56-71(57-53-69)95-88-40-19-12-30-79(88)80-31-13-20-41-89(80)95/h1-5,7-24,26-60H. The van der Waals surface area contributed by atoms with Gasteiger partial charge in [0.15, 0.2) is 0 Å².